The van der Waals surface area contributed by atoms with E-state index in [4.69, 9.17) is 4.74 Å². The Labute approximate surface area is 58.9 Å². The van der Waals surface area contributed by atoms with Crippen LogP contribution in [0, 0.1) is 11.8 Å². The van der Waals surface area contributed by atoms with Crippen LogP contribution in [0.5, 0.6) is 0 Å². The molecule has 3 unspecified atom stereocenters. The van der Waals surface area contributed by atoms with E-state index in [1.807, 2.05) is 0 Å². The third-order valence-electron chi connectivity index (χ3n) is 2.87. The number of ether oxygens (including phenoxy) is 1. The Balaban J connectivity index is 2.14. The van der Waals surface area contributed by atoms with Crippen LogP contribution >= 0.6 is 0 Å². The van der Waals surface area contributed by atoms with E-state index in [0.717, 1.165) is 12.8 Å². The molecule has 2 fully saturated rings. The summed E-state index contributed by atoms with van der Waals surface area (Å²) in [7, 11) is 0. The molecule has 3 aliphatic rings. The second kappa shape index (κ2) is 1.29. The van der Waals surface area contributed by atoms with Crippen LogP contribution in [-0.4, -0.2) is 12.1 Å². The highest BCUT2D eigenvalue weighted by molar-refractivity contribution is 5.78. The monoisotopic (exact) mass is 136 g/mol. The van der Waals surface area contributed by atoms with Gasteiger partial charge in [0, 0.05) is 5.92 Å². The van der Waals surface area contributed by atoms with Crippen LogP contribution in [-0.2, 0) is 9.53 Å². The fourth-order valence-corrected chi connectivity index (χ4v) is 2.40. The van der Waals surface area contributed by atoms with Crippen LogP contribution < -0.4 is 0 Å². The fourth-order valence-electron chi connectivity index (χ4n) is 2.40. The number of esters is 1. The number of carbonyl (C=O) groups excluding carboxylic acids is 1. The van der Waals surface area contributed by atoms with Crippen LogP contribution in [0.4, 0.5) is 0 Å². The fraction of sp³-hybridized carbons (Fsp3) is 0.625. The molecule has 52 valence electrons. The van der Waals surface area contributed by atoms with Crippen molar-refractivity contribution in [3.63, 3.8) is 0 Å². The van der Waals surface area contributed by atoms with E-state index in [9.17, 15) is 4.79 Å². The maximum absolute atomic E-state index is 11.0. The summed E-state index contributed by atoms with van der Waals surface area (Å²) in [6.45, 7) is 0. The molecule has 3 atom stereocenters. The van der Waals surface area contributed by atoms with E-state index >= 15 is 0 Å². The SMILES string of the molecule is O=C1OC2C=C3CC1C2C3. The van der Waals surface area contributed by atoms with E-state index in [1.54, 1.807) is 0 Å². The van der Waals surface area contributed by atoms with Crippen LogP contribution in [0.25, 0.3) is 0 Å². The molecule has 2 heteroatoms. The largest absolute Gasteiger partial charge is 0.458 e. The standard InChI is InChI=1S/C8H8O2/c9-8-6-2-4-1-5(6)7(3-4)10-8/h3,5-7H,1-2H2. The lowest BCUT2D eigenvalue weighted by molar-refractivity contribution is -0.142. The van der Waals surface area contributed by atoms with Crippen molar-refractivity contribution in [1.29, 1.82) is 0 Å². The number of hydrogen-bond acceptors (Lipinski definition) is 2. The first-order valence-corrected chi connectivity index (χ1v) is 3.74. The van der Waals surface area contributed by atoms with Crippen LogP contribution in [0.15, 0.2) is 11.6 Å². The van der Waals surface area contributed by atoms with Gasteiger partial charge in [-0.2, -0.15) is 0 Å². The Kier molecular flexibility index (Phi) is 0.636. The maximum atomic E-state index is 11.0. The van der Waals surface area contributed by atoms with Gasteiger partial charge in [0.25, 0.3) is 0 Å². The smallest absolute Gasteiger partial charge is 0.310 e. The Hall–Kier alpha value is -0.790. The summed E-state index contributed by atoms with van der Waals surface area (Å²) >= 11 is 0. The van der Waals surface area contributed by atoms with Gasteiger partial charge < -0.3 is 4.74 Å². The Morgan fingerprint density at radius 3 is 3.00 bits per heavy atom. The molecule has 0 radical (unpaired) electrons. The van der Waals surface area contributed by atoms with Crippen LogP contribution in [0.1, 0.15) is 12.8 Å². The molecule has 0 spiro atoms. The summed E-state index contributed by atoms with van der Waals surface area (Å²) in [6, 6.07) is 0. The van der Waals surface area contributed by atoms with Gasteiger partial charge in [-0.1, -0.05) is 5.57 Å². The Morgan fingerprint density at radius 1 is 1.50 bits per heavy atom. The molecule has 2 aliphatic carbocycles. The van der Waals surface area contributed by atoms with Gasteiger partial charge in [-0.25, -0.2) is 0 Å². The predicted octanol–water partition coefficient (Wildman–Crippen LogP) is 0.878. The summed E-state index contributed by atoms with van der Waals surface area (Å²) in [6.07, 6.45) is 4.41. The van der Waals surface area contributed by atoms with Gasteiger partial charge >= 0.3 is 5.97 Å². The van der Waals surface area contributed by atoms with Gasteiger partial charge in [0.15, 0.2) is 0 Å². The molecule has 1 heterocycles. The van der Waals surface area contributed by atoms with Gasteiger partial charge in [0.05, 0.1) is 5.92 Å². The summed E-state index contributed by atoms with van der Waals surface area (Å²) in [5, 5.41) is 0. The molecule has 0 aromatic carbocycles. The lowest BCUT2D eigenvalue weighted by atomic mass is 9.93. The molecule has 3 rings (SSSR count). The number of allylic oxidation sites excluding steroid dienone is 1. The number of rotatable bonds is 0. The van der Waals surface area contributed by atoms with Gasteiger partial charge in [0.2, 0.25) is 0 Å². The highest BCUT2D eigenvalue weighted by Crippen LogP contribution is 2.50. The highest BCUT2D eigenvalue weighted by Gasteiger charge is 2.52. The molecule has 1 aliphatic heterocycles. The molecular formula is C8H8O2. The molecular weight excluding hydrogens is 128 g/mol. The zero-order chi connectivity index (χ0) is 6.72. The molecule has 10 heavy (non-hydrogen) atoms. The van der Waals surface area contributed by atoms with E-state index in [0.29, 0.717) is 5.92 Å². The predicted molar refractivity (Wildman–Crippen MR) is 34.2 cm³/mol. The van der Waals surface area contributed by atoms with Gasteiger partial charge in [-0.05, 0) is 18.9 Å². The second-order valence-corrected chi connectivity index (χ2v) is 3.41. The quantitative estimate of drug-likeness (QED) is 0.365. The van der Waals surface area contributed by atoms with Crippen molar-refractivity contribution in [3.8, 4) is 0 Å². The van der Waals surface area contributed by atoms with Gasteiger partial charge in [-0.15, -0.1) is 0 Å². The normalized spacial score (nSPS) is 47.8. The number of hydrogen-bond donors (Lipinski definition) is 0. The van der Waals surface area contributed by atoms with Crippen molar-refractivity contribution in [3.05, 3.63) is 11.6 Å². The van der Waals surface area contributed by atoms with E-state index in [1.165, 1.54) is 5.57 Å². The number of carbonyl (C=O) groups is 1. The molecule has 1 saturated heterocycles. The molecule has 0 aromatic rings. The molecule has 2 nitrogen and oxygen atoms in total. The summed E-state index contributed by atoms with van der Waals surface area (Å²) in [5.41, 5.74) is 1.45. The third kappa shape index (κ3) is 0.376. The molecule has 2 bridgehead atoms. The topological polar surface area (TPSA) is 26.3 Å². The molecule has 0 amide bonds. The summed E-state index contributed by atoms with van der Waals surface area (Å²) < 4.78 is 5.12. The van der Waals surface area contributed by atoms with Gasteiger partial charge in [-0.3, -0.25) is 4.79 Å². The molecule has 0 aromatic heterocycles. The zero-order valence-electron chi connectivity index (χ0n) is 5.54. The Morgan fingerprint density at radius 2 is 2.40 bits per heavy atom. The Bertz CT molecular complexity index is 242. The first kappa shape index (κ1) is 4.94. The van der Waals surface area contributed by atoms with Crippen molar-refractivity contribution < 1.29 is 9.53 Å². The van der Waals surface area contributed by atoms with Gasteiger partial charge in [0.1, 0.15) is 6.10 Å². The van der Waals surface area contributed by atoms with E-state index < -0.39 is 0 Å². The average molecular weight is 136 g/mol. The molecule has 0 N–H and O–H groups in total. The highest BCUT2D eigenvalue weighted by atomic mass is 16.6. The lowest BCUT2D eigenvalue weighted by Gasteiger charge is -2.06. The minimum atomic E-state index is 0.0405. The van der Waals surface area contributed by atoms with Crippen molar-refractivity contribution >= 4 is 5.97 Å². The van der Waals surface area contributed by atoms with E-state index in [-0.39, 0.29) is 18.0 Å². The summed E-state index contributed by atoms with van der Waals surface area (Å²) in [4.78, 5) is 11.0. The minimum absolute atomic E-state index is 0.0405. The zero-order valence-corrected chi connectivity index (χ0v) is 5.54. The first-order chi connectivity index (χ1) is 4.84. The number of fused-ring (bicyclic) bond motifs is 1. The molecule has 1 saturated carbocycles. The van der Waals surface area contributed by atoms with Crippen molar-refractivity contribution in [2.75, 3.05) is 0 Å². The van der Waals surface area contributed by atoms with Crippen LogP contribution in [0.2, 0.25) is 0 Å². The maximum Gasteiger partial charge on any atom is 0.310 e. The second-order valence-electron chi connectivity index (χ2n) is 3.41. The van der Waals surface area contributed by atoms with Crippen molar-refractivity contribution in [2.45, 2.75) is 18.9 Å². The van der Waals surface area contributed by atoms with E-state index in [2.05, 4.69) is 6.08 Å². The average Bonchev–Trinajstić information content (AvgIpc) is 2.44. The first-order valence-electron chi connectivity index (χ1n) is 3.74. The summed E-state index contributed by atoms with van der Waals surface area (Å²) in [5.74, 6) is 0.811. The minimum Gasteiger partial charge on any atom is -0.458 e. The third-order valence-corrected chi connectivity index (χ3v) is 2.87. The van der Waals surface area contributed by atoms with Crippen molar-refractivity contribution in [2.24, 2.45) is 11.8 Å². The van der Waals surface area contributed by atoms with Crippen LogP contribution in [0.3, 0.4) is 0 Å². The lowest BCUT2D eigenvalue weighted by Crippen LogP contribution is -2.12. The van der Waals surface area contributed by atoms with Crippen molar-refractivity contribution in [1.82, 2.24) is 0 Å².